The topological polar surface area (TPSA) is 90.6 Å². The summed E-state index contributed by atoms with van der Waals surface area (Å²) in [6, 6.07) is 14.1. The number of fused-ring (bicyclic) bond motifs is 1. The highest BCUT2D eigenvalue weighted by Gasteiger charge is 2.13. The van der Waals surface area contributed by atoms with E-state index in [0.29, 0.717) is 34.4 Å². The van der Waals surface area contributed by atoms with Crippen LogP contribution >= 0.6 is 0 Å². The molecule has 0 aliphatic rings. The van der Waals surface area contributed by atoms with Crippen LogP contribution in [-0.2, 0) is 0 Å². The van der Waals surface area contributed by atoms with Crippen LogP contribution in [0.4, 0.5) is 5.69 Å². The molecule has 0 aliphatic heterocycles. The number of carbonyl (C=O) groups excluding carboxylic acids is 1. The fourth-order valence-corrected chi connectivity index (χ4v) is 2.82. The van der Waals surface area contributed by atoms with Crippen LogP contribution in [0.1, 0.15) is 10.4 Å². The molecule has 8 heteroatoms. The summed E-state index contributed by atoms with van der Waals surface area (Å²) in [6.45, 7) is 0. The molecule has 2 aromatic carbocycles. The van der Waals surface area contributed by atoms with Crippen LogP contribution in [0.5, 0.6) is 11.5 Å². The van der Waals surface area contributed by atoms with Gasteiger partial charge in [0.2, 0.25) is 0 Å². The average molecular weight is 375 g/mol. The number of benzene rings is 2. The van der Waals surface area contributed by atoms with Crippen molar-refractivity contribution in [2.75, 3.05) is 19.5 Å². The second-order valence-corrected chi connectivity index (χ2v) is 5.91. The van der Waals surface area contributed by atoms with E-state index in [-0.39, 0.29) is 5.91 Å². The van der Waals surface area contributed by atoms with Crippen LogP contribution in [0.15, 0.2) is 60.9 Å². The van der Waals surface area contributed by atoms with Crippen LogP contribution in [-0.4, -0.2) is 39.7 Å². The van der Waals surface area contributed by atoms with Crippen LogP contribution in [0.3, 0.4) is 0 Å². The summed E-state index contributed by atoms with van der Waals surface area (Å²) >= 11 is 0. The fraction of sp³-hybridized carbons (Fsp3) is 0.100. The van der Waals surface area contributed by atoms with E-state index in [1.54, 1.807) is 55.1 Å². The molecule has 0 bridgehead atoms. The molecule has 4 aromatic rings. The second-order valence-electron chi connectivity index (χ2n) is 5.91. The Morgan fingerprint density at radius 1 is 1.04 bits per heavy atom. The molecule has 0 fully saturated rings. The molecule has 0 unspecified atom stereocenters. The molecule has 0 atom stereocenters. The van der Waals surface area contributed by atoms with Crippen molar-refractivity contribution in [3.63, 3.8) is 0 Å². The first-order chi connectivity index (χ1) is 13.7. The van der Waals surface area contributed by atoms with Gasteiger partial charge in [0.1, 0.15) is 11.5 Å². The smallest absolute Gasteiger partial charge is 0.255 e. The van der Waals surface area contributed by atoms with Gasteiger partial charge in [-0.1, -0.05) is 12.1 Å². The van der Waals surface area contributed by atoms with Gasteiger partial charge in [0.25, 0.3) is 11.7 Å². The Bertz CT molecular complexity index is 1140. The molecular formula is C20H17N5O3. The van der Waals surface area contributed by atoms with Crippen molar-refractivity contribution in [1.29, 1.82) is 0 Å². The van der Waals surface area contributed by atoms with Gasteiger partial charge in [-0.25, -0.2) is 4.98 Å². The third-order valence-corrected chi connectivity index (χ3v) is 4.25. The van der Waals surface area contributed by atoms with Gasteiger partial charge in [-0.05, 0) is 30.3 Å². The van der Waals surface area contributed by atoms with E-state index in [9.17, 15) is 4.79 Å². The zero-order valence-corrected chi connectivity index (χ0v) is 15.3. The minimum atomic E-state index is -0.258. The highest BCUT2D eigenvalue weighted by Crippen LogP contribution is 2.29. The number of nitrogens with one attached hydrogen (secondary N) is 1. The van der Waals surface area contributed by atoms with Crippen molar-refractivity contribution in [1.82, 2.24) is 19.6 Å². The third kappa shape index (κ3) is 3.23. The molecule has 4 rings (SSSR count). The predicted octanol–water partition coefficient (Wildman–Crippen LogP) is 3.06. The first-order valence-corrected chi connectivity index (χ1v) is 8.49. The van der Waals surface area contributed by atoms with Crippen LogP contribution < -0.4 is 14.8 Å². The van der Waals surface area contributed by atoms with Crippen molar-refractivity contribution >= 4 is 17.4 Å². The molecule has 140 valence electrons. The molecular weight excluding hydrogens is 358 g/mol. The zero-order valence-electron chi connectivity index (χ0n) is 15.3. The van der Waals surface area contributed by atoms with Crippen LogP contribution in [0.25, 0.3) is 17.2 Å². The molecule has 8 nitrogen and oxygen atoms in total. The van der Waals surface area contributed by atoms with E-state index in [0.717, 1.165) is 5.56 Å². The summed E-state index contributed by atoms with van der Waals surface area (Å²) in [4.78, 5) is 16.8. The van der Waals surface area contributed by atoms with Crippen molar-refractivity contribution < 1.29 is 14.3 Å². The standard InChI is InChI=1S/C20H17N5O3/c1-27-15-8-9-17(28-2)16(12-15)22-19(26)14-6-4-13(5-7-14)18-23-24-20-21-10-3-11-25(18)20/h3-12H,1-2H3,(H,22,26). The van der Waals surface area contributed by atoms with Crippen molar-refractivity contribution in [3.05, 3.63) is 66.5 Å². The number of amides is 1. The van der Waals surface area contributed by atoms with E-state index in [2.05, 4.69) is 20.5 Å². The lowest BCUT2D eigenvalue weighted by Crippen LogP contribution is -2.12. The fourth-order valence-electron chi connectivity index (χ4n) is 2.82. The van der Waals surface area contributed by atoms with Gasteiger partial charge in [-0.3, -0.25) is 9.20 Å². The molecule has 0 saturated carbocycles. The van der Waals surface area contributed by atoms with Gasteiger partial charge < -0.3 is 14.8 Å². The van der Waals surface area contributed by atoms with Crippen molar-refractivity contribution in [2.45, 2.75) is 0 Å². The van der Waals surface area contributed by atoms with Crippen LogP contribution in [0, 0.1) is 0 Å². The largest absolute Gasteiger partial charge is 0.497 e. The average Bonchev–Trinajstić information content (AvgIpc) is 3.18. The molecule has 2 aromatic heterocycles. The molecule has 0 aliphatic carbocycles. The Hall–Kier alpha value is -3.94. The van der Waals surface area contributed by atoms with Gasteiger partial charge >= 0.3 is 0 Å². The number of aromatic nitrogens is 4. The summed E-state index contributed by atoms with van der Waals surface area (Å²) in [7, 11) is 3.11. The number of hydrogen-bond acceptors (Lipinski definition) is 6. The zero-order chi connectivity index (χ0) is 19.5. The van der Waals surface area contributed by atoms with Crippen molar-refractivity contribution in [2.24, 2.45) is 0 Å². The molecule has 2 heterocycles. The molecule has 28 heavy (non-hydrogen) atoms. The number of carbonyl (C=O) groups is 1. The summed E-state index contributed by atoms with van der Waals surface area (Å²) in [5, 5.41) is 11.1. The minimum absolute atomic E-state index is 0.258. The normalized spacial score (nSPS) is 10.6. The second kappa shape index (κ2) is 7.36. The maximum absolute atomic E-state index is 12.6. The Labute approximate surface area is 160 Å². The van der Waals surface area contributed by atoms with Gasteiger partial charge in [-0.15, -0.1) is 10.2 Å². The lowest BCUT2D eigenvalue weighted by Gasteiger charge is -2.12. The van der Waals surface area contributed by atoms with Gasteiger partial charge in [0, 0.05) is 29.6 Å². The van der Waals surface area contributed by atoms with Crippen molar-refractivity contribution in [3.8, 4) is 22.9 Å². The monoisotopic (exact) mass is 375 g/mol. The maximum Gasteiger partial charge on any atom is 0.255 e. The van der Waals surface area contributed by atoms with E-state index in [1.165, 1.54) is 0 Å². The first kappa shape index (κ1) is 17.5. The highest BCUT2D eigenvalue weighted by molar-refractivity contribution is 6.05. The molecule has 1 amide bonds. The number of nitrogens with zero attached hydrogens (tertiary/aromatic N) is 4. The van der Waals surface area contributed by atoms with Gasteiger partial charge in [-0.2, -0.15) is 0 Å². The summed E-state index contributed by atoms with van der Waals surface area (Å²) in [6.07, 6.45) is 3.50. The van der Waals surface area contributed by atoms with E-state index >= 15 is 0 Å². The molecule has 0 saturated heterocycles. The summed E-state index contributed by atoms with van der Waals surface area (Å²) in [5.74, 6) is 2.09. The summed E-state index contributed by atoms with van der Waals surface area (Å²) < 4.78 is 12.3. The lowest BCUT2D eigenvalue weighted by molar-refractivity contribution is 0.102. The number of anilines is 1. The number of ether oxygens (including phenoxy) is 2. The first-order valence-electron chi connectivity index (χ1n) is 8.49. The molecule has 0 spiro atoms. The Morgan fingerprint density at radius 2 is 1.86 bits per heavy atom. The van der Waals surface area contributed by atoms with E-state index in [4.69, 9.17) is 9.47 Å². The molecule has 1 N–H and O–H groups in total. The third-order valence-electron chi connectivity index (χ3n) is 4.25. The van der Waals surface area contributed by atoms with E-state index in [1.807, 2.05) is 24.4 Å². The quantitative estimate of drug-likeness (QED) is 0.576. The van der Waals surface area contributed by atoms with Gasteiger partial charge in [0.15, 0.2) is 5.82 Å². The Balaban J connectivity index is 1.58. The number of hydrogen-bond donors (Lipinski definition) is 1. The van der Waals surface area contributed by atoms with E-state index < -0.39 is 0 Å². The van der Waals surface area contributed by atoms with Gasteiger partial charge in [0.05, 0.1) is 19.9 Å². The Kier molecular flexibility index (Phi) is 4.59. The number of rotatable bonds is 5. The highest BCUT2D eigenvalue weighted by atomic mass is 16.5. The molecule has 0 radical (unpaired) electrons. The number of methoxy groups -OCH3 is 2. The SMILES string of the molecule is COc1ccc(OC)c(NC(=O)c2ccc(-c3nnc4ncccn34)cc2)c1. The minimum Gasteiger partial charge on any atom is -0.497 e. The summed E-state index contributed by atoms with van der Waals surface area (Å²) in [5.41, 5.74) is 1.86. The predicted molar refractivity (Wildman–Crippen MR) is 104 cm³/mol. The van der Waals surface area contributed by atoms with Crippen LogP contribution in [0.2, 0.25) is 0 Å². The lowest BCUT2D eigenvalue weighted by atomic mass is 10.1. The Morgan fingerprint density at radius 3 is 2.61 bits per heavy atom. The maximum atomic E-state index is 12.6.